The van der Waals surface area contributed by atoms with Crippen LogP contribution >= 0.6 is 0 Å². The Kier molecular flexibility index (Phi) is 6.80. The fourth-order valence-corrected chi connectivity index (χ4v) is 3.45. The van der Waals surface area contributed by atoms with Crippen molar-refractivity contribution in [2.45, 2.75) is 0 Å². The zero-order chi connectivity index (χ0) is 23.9. The number of aliphatic hydroxyl groups is 2. The van der Waals surface area contributed by atoms with E-state index in [0.29, 0.717) is 22.3 Å². The van der Waals surface area contributed by atoms with Crippen LogP contribution < -0.4 is 0 Å². The van der Waals surface area contributed by atoms with Gasteiger partial charge in [0.25, 0.3) is 0 Å². The van der Waals surface area contributed by atoms with Gasteiger partial charge in [0.1, 0.15) is 11.5 Å². The van der Waals surface area contributed by atoms with E-state index in [9.17, 15) is 19.8 Å². The van der Waals surface area contributed by atoms with Crippen molar-refractivity contribution in [2.75, 3.05) is 0 Å². The SMILES string of the molecule is O=C(C=C(O)c1ccccc1)c1ccc(-c2ccc(C(=O)C=C(O)c3ccccc3)cc2)cc1. The summed E-state index contributed by atoms with van der Waals surface area (Å²) < 4.78 is 0. The second-order valence-corrected chi connectivity index (χ2v) is 7.67. The van der Waals surface area contributed by atoms with Crippen LogP contribution in [0.4, 0.5) is 0 Å². The molecule has 0 radical (unpaired) electrons. The van der Waals surface area contributed by atoms with Gasteiger partial charge in [-0.25, -0.2) is 0 Å². The molecule has 0 saturated heterocycles. The molecular weight excluding hydrogens is 424 g/mol. The number of carbonyl (C=O) groups excluding carboxylic acids is 2. The lowest BCUT2D eigenvalue weighted by Gasteiger charge is -2.05. The number of allylic oxidation sites excluding steroid dienone is 2. The highest BCUT2D eigenvalue weighted by atomic mass is 16.3. The van der Waals surface area contributed by atoms with Crippen LogP contribution in [0.25, 0.3) is 22.6 Å². The van der Waals surface area contributed by atoms with Crippen LogP contribution in [0.2, 0.25) is 0 Å². The van der Waals surface area contributed by atoms with Crippen LogP contribution in [0.3, 0.4) is 0 Å². The molecule has 0 aliphatic rings. The van der Waals surface area contributed by atoms with Crippen LogP contribution in [0.1, 0.15) is 31.8 Å². The first-order valence-electron chi connectivity index (χ1n) is 10.7. The van der Waals surface area contributed by atoms with E-state index >= 15 is 0 Å². The first-order valence-corrected chi connectivity index (χ1v) is 10.7. The highest BCUT2D eigenvalue weighted by Gasteiger charge is 2.09. The van der Waals surface area contributed by atoms with Crippen LogP contribution in [0.15, 0.2) is 121 Å². The van der Waals surface area contributed by atoms with Gasteiger partial charge in [-0.15, -0.1) is 0 Å². The molecule has 0 atom stereocenters. The van der Waals surface area contributed by atoms with E-state index in [1.54, 1.807) is 72.8 Å². The Morgan fingerprint density at radius 1 is 0.441 bits per heavy atom. The Bertz CT molecular complexity index is 1240. The van der Waals surface area contributed by atoms with Crippen molar-refractivity contribution in [3.05, 3.63) is 144 Å². The summed E-state index contributed by atoms with van der Waals surface area (Å²) in [5.74, 6) is -0.748. The molecule has 4 nitrogen and oxygen atoms in total. The van der Waals surface area contributed by atoms with Gasteiger partial charge in [0, 0.05) is 34.4 Å². The summed E-state index contributed by atoms with van der Waals surface area (Å²) in [6.07, 6.45) is 2.42. The summed E-state index contributed by atoms with van der Waals surface area (Å²) in [6.45, 7) is 0. The molecule has 0 unspecified atom stereocenters. The predicted octanol–water partition coefficient (Wildman–Crippen LogP) is 6.92. The van der Waals surface area contributed by atoms with E-state index in [1.165, 1.54) is 12.2 Å². The van der Waals surface area contributed by atoms with E-state index in [4.69, 9.17) is 0 Å². The van der Waals surface area contributed by atoms with Gasteiger partial charge in [0.2, 0.25) is 0 Å². The van der Waals surface area contributed by atoms with E-state index in [-0.39, 0.29) is 23.1 Å². The van der Waals surface area contributed by atoms with Gasteiger partial charge in [-0.2, -0.15) is 0 Å². The molecule has 0 fully saturated rings. The summed E-state index contributed by atoms with van der Waals surface area (Å²) in [6, 6.07) is 31.8. The lowest BCUT2D eigenvalue weighted by Crippen LogP contribution is -1.97. The van der Waals surface area contributed by atoms with Gasteiger partial charge in [0.15, 0.2) is 11.6 Å². The van der Waals surface area contributed by atoms with Crippen LogP contribution in [-0.4, -0.2) is 21.8 Å². The number of aliphatic hydroxyl groups excluding tert-OH is 2. The maximum atomic E-state index is 12.5. The van der Waals surface area contributed by atoms with Crippen molar-refractivity contribution >= 4 is 23.1 Å². The average molecular weight is 447 g/mol. The summed E-state index contributed by atoms with van der Waals surface area (Å²) in [5.41, 5.74) is 3.84. The first kappa shape index (κ1) is 22.5. The number of ketones is 2. The van der Waals surface area contributed by atoms with Crippen LogP contribution in [0, 0.1) is 0 Å². The molecule has 0 bridgehead atoms. The normalized spacial score (nSPS) is 11.8. The van der Waals surface area contributed by atoms with Crippen molar-refractivity contribution < 1.29 is 19.8 Å². The molecule has 166 valence electrons. The molecule has 0 amide bonds. The minimum absolute atomic E-state index is 0.0812. The van der Waals surface area contributed by atoms with Crippen molar-refractivity contribution in [3.8, 4) is 11.1 Å². The lowest BCUT2D eigenvalue weighted by atomic mass is 9.99. The van der Waals surface area contributed by atoms with Crippen molar-refractivity contribution in [1.82, 2.24) is 0 Å². The van der Waals surface area contributed by atoms with Gasteiger partial charge >= 0.3 is 0 Å². The molecule has 4 aromatic carbocycles. The molecule has 0 spiro atoms. The number of rotatable bonds is 7. The second-order valence-electron chi connectivity index (χ2n) is 7.67. The standard InChI is InChI=1S/C30H22O4/c31-27(23-7-3-1-4-8-23)19-29(33)25-15-11-21(12-16-25)22-13-17-26(18-14-22)30(34)20-28(32)24-9-5-2-6-10-24/h1-20,31-32H. The van der Waals surface area contributed by atoms with Crippen molar-refractivity contribution in [2.24, 2.45) is 0 Å². The summed E-state index contributed by atoms with van der Waals surface area (Å²) in [5, 5.41) is 20.3. The topological polar surface area (TPSA) is 74.6 Å². The Balaban J connectivity index is 1.46. The largest absolute Gasteiger partial charge is 0.507 e. The van der Waals surface area contributed by atoms with Crippen LogP contribution in [-0.2, 0) is 0 Å². The number of benzene rings is 4. The maximum Gasteiger partial charge on any atom is 0.189 e. The molecular formula is C30H22O4. The molecule has 34 heavy (non-hydrogen) atoms. The molecule has 0 heterocycles. The lowest BCUT2D eigenvalue weighted by molar-refractivity contribution is 0.103. The quantitative estimate of drug-likeness (QED) is 0.184. The number of carbonyl (C=O) groups is 2. The van der Waals surface area contributed by atoms with Gasteiger partial charge in [-0.3, -0.25) is 9.59 Å². The molecule has 0 aliphatic heterocycles. The predicted molar refractivity (Wildman–Crippen MR) is 135 cm³/mol. The molecule has 0 saturated carbocycles. The summed E-state index contributed by atoms with van der Waals surface area (Å²) >= 11 is 0. The minimum Gasteiger partial charge on any atom is -0.507 e. The Morgan fingerprint density at radius 2 is 0.765 bits per heavy atom. The molecule has 4 aromatic rings. The molecule has 0 aliphatic carbocycles. The summed E-state index contributed by atoms with van der Waals surface area (Å²) in [7, 11) is 0. The van der Waals surface area contributed by atoms with E-state index in [1.807, 2.05) is 36.4 Å². The summed E-state index contributed by atoms with van der Waals surface area (Å²) in [4.78, 5) is 25.0. The highest BCUT2D eigenvalue weighted by Crippen LogP contribution is 2.22. The highest BCUT2D eigenvalue weighted by molar-refractivity contribution is 6.08. The van der Waals surface area contributed by atoms with E-state index in [0.717, 1.165) is 11.1 Å². The maximum absolute atomic E-state index is 12.5. The third-order valence-electron chi connectivity index (χ3n) is 5.35. The molecule has 0 aromatic heterocycles. The molecule has 4 rings (SSSR count). The van der Waals surface area contributed by atoms with Crippen molar-refractivity contribution in [3.63, 3.8) is 0 Å². The Labute approximate surface area is 197 Å². The molecule has 4 heteroatoms. The van der Waals surface area contributed by atoms with Gasteiger partial charge in [0.05, 0.1) is 0 Å². The zero-order valence-corrected chi connectivity index (χ0v) is 18.3. The Morgan fingerprint density at radius 3 is 1.09 bits per heavy atom. The van der Waals surface area contributed by atoms with Gasteiger partial charge in [-0.05, 0) is 11.1 Å². The average Bonchev–Trinajstić information content (AvgIpc) is 2.89. The smallest absolute Gasteiger partial charge is 0.189 e. The van der Waals surface area contributed by atoms with E-state index < -0.39 is 0 Å². The minimum atomic E-state index is -0.293. The third kappa shape index (κ3) is 5.37. The van der Waals surface area contributed by atoms with Gasteiger partial charge < -0.3 is 10.2 Å². The Hall–Kier alpha value is -4.70. The first-order chi connectivity index (χ1) is 16.5. The van der Waals surface area contributed by atoms with Crippen LogP contribution in [0.5, 0.6) is 0 Å². The molecule has 2 N–H and O–H groups in total. The number of hydrogen-bond donors (Lipinski definition) is 2. The third-order valence-corrected chi connectivity index (χ3v) is 5.35. The fourth-order valence-electron chi connectivity index (χ4n) is 3.45. The number of hydrogen-bond acceptors (Lipinski definition) is 4. The second kappa shape index (κ2) is 10.3. The fraction of sp³-hybridized carbons (Fsp3) is 0. The van der Waals surface area contributed by atoms with Gasteiger partial charge in [-0.1, -0.05) is 109 Å². The van der Waals surface area contributed by atoms with E-state index in [2.05, 4.69) is 0 Å². The van der Waals surface area contributed by atoms with Crippen molar-refractivity contribution in [1.29, 1.82) is 0 Å². The monoisotopic (exact) mass is 446 g/mol. The zero-order valence-electron chi connectivity index (χ0n) is 18.3.